The number of nitrogens with zero attached hydrogens (tertiary/aromatic N) is 2. The monoisotopic (exact) mass is 355 g/mol. The highest BCUT2D eigenvalue weighted by Crippen LogP contribution is 2.28. The Kier molecular flexibility index (Phi) is 5.47. The lowest BCUT2D eigenvalue weighted by atomic mass is 10.00. The molecule has 2 aliphatic heterocycles. The van der Waals surface area contributed by atoms with Crippen molar-refractivity contribution in [3.05, 3.63) is 33.8 Å². The van der Waals surface area contributed by atoms with E-state index >= 15 is 0 Å². The molecule has 6 heteroatoms. The zero-order valence-corrected chi connectivity index (χ0v) is 14.9. The molecule has 3 rings (SSSR count). The zero-order valence-electron chi connectivity index (χ0n) is 13.4. The van der Waals surface area contributed by atoms with Crippen LogP contribution < -0.4 is 5.32 Å². The van der Waals surface area contributed by atoms with E-state index in [9.17, 15) is 4.79 Å². The molecule has 4 nitrogen and oxygen atoms in total. The number of carbonyl (C=O) groups excluding carboxylic acids is 1. The third-order valence-electron chi connectivity index (χ3n) is 4.96. The van der Waals surface area contributed by atoms with Crippen LogP contribution in [0.5, 0.6) is 0 Å². The van der Waals surface area contributed by atoms with Gasteiger partial charge in [-0.2, -0.15) is 0 Å². The summed E-state index contributed by atoms with van der Waals surface area (Å²) in [6.07, 6.45) is 1.07. The SMILES string of the molecule is CC(C(=O)N1CCC(N2CCNCC2)C1)c1ccc(Cl)c(Cl)c1. The molecular formula is C17H23Cl2N3O. The van der Waals surface area contributed by atoms with Gasteiger partial charge in [0.15, 0.2) is 0 Å². The lowest BCUT2D eigenvalue weighted by Gasteiger charge is -2.32. The van der Waals surface area contributed by atoms with Gasteiger partial charge in [0, 0.05) is 45.3 Å². The smallest absolute Gasteiger partial charge is 0.229 e. The molecule has 0 bridgehead atoms. The molecule has 0 radical (unpaired) electrons. The summed E-state index contributed by atoms with van der Waals surface area (Å²) in [5.41, 5.74) is 0.926. The van der Waals surface area contributed by atoms with E-state index < -0.39 is 0 Å². The first-order valence-electron chi connectivity index (χ1n) is 8.25. The van der Waals surface area contributed by atoms with Gasteiger partial charge in [0.05, 0.1) is 16.0 Å². The molecule has 2 heterocycles. The first-order valence-corrected chi connectivity index (χ1v) is 9.00. The Hall–Kier alpha value is -0.810. The number of amides is 1. The second-order valence-electron chi connectivity index (χ2n) is 6.41. The van der Waals surface area contributed by atoms with E-state index in [1.54, 1.807) is 12.1 Å². The van der Waals surface area contributed by atoms with Crippen molar-refractivity contribution in [2.24, 2.45) is 0 Å². The number of hydrogen-bond acceptors (Lipinski definition) is 3. The Morgan fingerprint density at radius 3 is 2.65 bits per heavy atom. The number of carbonyl (C=O) groups is 1. The van der Waals surface area contributed by atoms with E-state index in [4.69, 9.17) is 23.2 Å². The van der Waals surface area contributed by atoms with Crippen LogP contribution in [0, 0.1) is 0 Å². The van der Waals surface area contributed by atoms with Gasteiger partial charge in [-0.25, -0.2) is 0 Å². The Morgan fingerprint density at radius 1 is 1.22 bits per heavy atom. The number of piperazine rings is 1. The second-order valence-corrected chi connectivity index (χ2v) is 7.22. The van der Waals surface area contributed by atoms with Gasteiger partial charge in [-0.1, -0.05) is 29.3 Å². The molecule has 2 saturated heterocycles. The average molecular weight is 356 g/mol. The van der Waals surface area contributed by atoms with Crippen molar-refractivity contribution in [1.82, 2.24) is 15.1 Å². The number of hydrogen-bond donors (Lipinski definition) is 1. The summed E-state index contributed by atoms with van der Waals surface area (Å²) in [4.78, 5) is 17.3. The number of benzene rings is 1. The normalized spacial score (nSPS) is 24.0. The van der Waals surface area contributed by atoms with Crippen molar-refractivity contribution in [1.29, 1.82) is 0 Å². The molecule has 126 valence electrons. The fraction of sp³-hybridized carbons (Fsp3) is 0.588. The fourth-order valence-corrected chi connectivity index (χ4v) is 3.79. The molecule has 2 atom stereocenters. The summed E-state index contributed by atoms with van der Waals surface area (Å²) in [7, 11) is 0. The van der Waals surface area contributed by atoms with Crippen LogP contribution in [0.3, 0.4) is 0 Å². The summed E-state index contributed by atoms with van der Waals surface area (Å²) in [6.45, 7) is 7.88. The van der Waals surface area contributed by atoms with Gasteiger partial charge < -0.3 is 10.2 Å². The number of rotatable bonds is 3. The highest BCUT2D eigenvalue weighted by molar-refractivity contribution is 6.42. The zero-order chi connectivity index (χ0) is 16.4. The number of halogens is 2. The summed E-state index contributed by atoms with van der Waals surface area (Å²) in [6, 6.07) is 5.95. The highest BCUT2D eigenvalue weighted by Gasteiger charge is 2.33. The van der Waals surface area contributed by atoms with Crippen molar-refractivity contribution >= 4 is 29.1 Å². The van der Waals surface area contributed by atoms with Crippen molar-refractivity contribution in [3.8, 4) is 0 Å². The summed E-state index contributed by atoms with van der Waals surface area (Å²) in [5, 5.41) is 4.40. The van der Waals surface area contributed by atoms with E-state index in [-0.39, 0.29) is 11.8 Å². The van der Waals surface area contributed by atoms with E-state index in [0.717, 1.165) is 51.3 Å². The van der Waals surface area contributed by atoms with Gasteiger partial charge in [-0.05, 0) is 31.0 Å². The quantitative estimate of drug-likeness (QED) is 0.904. The molecule has 0 aromatic heterocycles. The van der Waals surface area contributed by atoms with Gasteiger partial charge in [-0.15, -0.1) is 0 Å². The van der Waals surface area contributed by atoms with Crippen molar-refractivity contribution in [2.45, 2.75) is 25.3 Å². The van der Waals surface area contributed by atoms with E-state index in [2.05, 4.69) is 10.2 Å². The van der Waals surface area contributed by atoms with Crippen LogP contribution in [-0.2, 0) is 4.79 Å². The van der Waals surface area contributed by atoms with E-state index in [1.807, 2.05) is 17.9 Å². The molecule has 0 spiro atoms. The van der Waals surface area contributed by atoms with Crippen LogP contribution in [0.2, 0.25) is 10.0 Å². The number of likely N-dealkylation sites (tertiary alicyclic amines) is 1. The van der Waals surface area contributed by atoms with E-state index in [1.165, 1.54) is 0 Å². The summed E-state index contributed by atoms with van der Waals surface area (Å²) in [5.74, 6) is -0.00689. The van der Waals surface area contributed by atoms with E-state index in [0.29, 0.717) is 16.1 Å². The lowest BCUT2D eigenvalue weighted by Crippen LogP contribution is -2.49. The van der Waals surface area contributed by atoms with Crippen LogP contribution in [-0.4, -0.2) is 61.0 Å². The summed E-state index contributed by atoms with van der Waals surface area (Å²) >= 11 is 12.0. The maximum absolute atomic E-state index is 12.8. The van der Waals surface area contributed by atoms with Crippen molar-refractivity contribution < 1.29 is 4.79 Å². The van der Waals surface area contributed by atoms with Crippen molar-refractivity contribution in [2.75, 3.05) is 39.3 Å². The molecule has 1 amide bonds. The average Bonchev–Trinajstić information content (AvgIpc) is 3.07. The third-order valence-corrected chi connectivity index (χ3v) is 5.70. The standard InChI is InChI=1S/C17H23Cl2N3O/c1-12(13-2-3-15(18)16(19)10-13)17(23)22-7-4-14(11-22)21-8-5-20-6-9-21/h2-3,10,12,14,20H,4-9,11H2,1H3. The maximum Gasteiger partial charge on any atom is 0.229 e. The maximum atomic E-state index is 12.8. The van der Waals surface area contributed by atoms with Crippen LogP contribution >= 0.6 is 23.2 Å². The minimum absolute atomic E-state index is 0.182. The molecule has 2 aliphatic rings. The van der Waals surface area contributed by atoms with Gasteiger partial charge in [0.1, 0.15) is 0 Å². The molecule has 23 heavy (non-hydrogen) atoms. The number of nitrogens with one attached hydrogen (secondary N) is 1. The Labute approximate surface area is 147 Å². The van der Waals surface area contributed by atoms with Crippen LogP contribution in [0.4, 0.5) is 0 Å². The van der Waals surface area contributed by atoms with Gasteiger partial charge in [0.2, 0.25) is 5.91 Å². The molecule has 2 unspecified atom stereocenters. The Morgan fingerprint density at radius 2 is 1.96 bits per heavy atom. The molecule has 2 fully saturated rings. The molecule has 1 aromatic rings. The highest BCUT2D eigenvalue weighted by atomic mass is 35.5. The predicted molar refractivity (Wildman–Crippen MR) is 94.3 cm³/mol. The van der Waals surface area contributed by atoms with Crippen molar-refractivity contribution in [3.63, 3.8) is 0 Å². The van der Waals surface area contributed by atoms with Gasteiger partial charge in [-0.3, -0.25) is 9.69 Å². The summed E-state index contributed by atoms with van der Waals surface area (Å²) < 4.78 is 0. The Balaban J connectivity index is 1.62. The lowest BCUT2D eigenvalue weighted by molar-refractivity contribution is -0.131. The fourth-order valence-electron chi connectivity index (χ4n) is 3.49. The van der Waals surface area contributed by atoms with Crippen LogP contribution in [0.1, 0.15) is 24.8 Å². The third kappa shape index (κ3) is 3.82. The van der Waals surface area contributed by atoms with Crippen LogP contribution in [0.25, 0.3) is 0 Å². The Bertz CT molecular complexity index is 575. The first kappa shape index (κ1) is 17.0. The minimum atomic E-state index is -0.188. The molecule has 1 aromatic carbocycles. The van der Waals surface area contributed by atoms with Gasteiger partial charge >= 0.3 is 0 Å². The van der Waals surface area contributed by atoms with Gasteiger partial charge in [0.25, 0.3) is 0 Å². The minimum Gasteiger partial charge on any atom is -0.341 e. The molecule has 0 aliphatic carbocycles. The second kappa shape index (κ2) is 7.39. The molecule has 1 N–H and O–H groups in total. The first-order chi connectivity index (χ1) is 11.1. The van der Waals surface area contributed by atoms with Crippen LogP contribution in [0.15, 0.2) is 18.2 Å². The predicted octanol–water partition coefficient (Wildman–Crippen LogP) is 2.60. The topological polar surface area (TPSA) is 35.6 Å². The molecule has 0 saturated carbocycles. The largest absolute Gasteiger partial charge is 0.341 e. The molecular weight excluding hydrogens is 333 g/mol.